The summed E-state index contributed by atoms with van der Waals surface area (Å²) in [7, 11) is -3.93. The number of carbonyl (C=O) groups excluding carboxylic acids is 2. The van der Waals surface area contributed by atoms with E-state index in [9.17, 15) is 23.3 Å². The summed E-state index contributed by atoms with van der Waals surface area (Å²) in [5.74, 6) is 0.510. The summed E-state index contributed by atoms with van der Waals surface area (Å²) < 4.78 is 37.1. The summed E-state index contributed by atoms with van der Waals surface area (Å²) >= 11 is 7.63. The van der Waals surface area contributed by atoms with Crippen LogP contribution in [0.25, 0.3) is 0 Å². The molecule has 0 spiro atoms. The van der Waals surface area contributed by atoms with Crippen LogP contribution in [0.4, 0.5) is 9.93 Å². The third-order valence-electron chi connectivity index (χ3n) is 8.69. The molecule has 1 aliphatic carbocycles. The van der Waals surface area contributed by atoms with Gasteiger partial charge in [0.25, 0.3) is 0 Å². The van der Waals surface area contributed by atoms with Crippen LogP contribution in [0.2, 0.25) is 5.02 Å². The van der Waals surface area contributed by atoms with Crippen molar-refractivity contribution < 1.29 is 22.7 Å². The van der Waals surface area contributed by atoms with E-state index in [0.717, 1.165) is 43.4 Å². The fraction of sp³-hybridized carbons (Fsp3) is 0.593. The van der Waals surface area contributed by atoms with Crippen molar-refractivity contribution >= 4 is 50.1 Å². The molecule has 3 saturated heterocycles. The fourth-order valence-electron chi connectivity index (χ4n) is 6.03. The molecule has 3 atom stereocenters. The Morgan fingerprint density at radius 3 is 2.52 bits per heavy atom. The van der Waals surface area contributed by atoms with Crippen LogP contribution in [0, 0.1) is 18.3 Å². The van der Waals surface area contributed by atoms with Gasteiger partial charge >= 0.3 is 6.09 Å². The van der Waals surface area contributed by atoms with Crippen molar-refractivity contribution in [3.8, 4) is 6.07 Å². The lowest BCUT2D eigenvalue weighted by Gasteiger charge is -2.49. The quantitative estimate of drug-likeness (QED) is 0.482. The number of nitrogens with one attached hydrogen (secondary N) is 1. The number of anilines is 1. The minimum absolute atomic E-state index is 0.0155. The van der Waals surface area contributed by atoms with E-state index in [1.54, 1.807) is 12.1 Å². The number of aromatic nitrogens is 2. The van der Waals surface area contributed by atoms with Crippen LogP contribution in [0.3, 0.4) is 0 Å². The van der Waals surface area contributed by atoms with Crippen LogP contribution < -0.4 is 10.2 Å². The van der Waals surface area contributed by atoms with Crippen molar-refractivity contribution in [1.29, 1.82) is 5.26 Å². The minimum Gasteiger partial charge on any atom is -0.425 e. The predicted molar refractivity (Wildman–Crippen MR) is 155 cm³/mol. The molecule has 4 heterocycles. The zero-order valence-electron chi connectivity index (χ0n) is 23.1. The number of piperidine rings is 1. The summed E-state index contributed by atoms with van der Waals surface area (Å²) in [6, 6.07) is 8.05. The van der Waals surface area contributed by atoms with E-state index >= 15 is 0 Å². The topological polar surface area (TPSA) is 149 Å². The van der Waals surface area contributed by atoms with E-state index in [2.05, 4.69) is 30.5 Å². The standard InChI is InChI=1S/C27H32ClN7O5S2/c1-17-30-25(41-32-17)33-11-6-18(7-12-33)34-13-8-21(34)24(36)35-15-19(42(38,39)22-5-3-2-4-20(22)28)14-23(35)40-26(37)31-27(16-29)9-10-27/h2-5,18-19,21,23H,6-15H2,1H3,(H,31,37)/t19-,21?,23+/m1/s1. The van der Waals surface area contributed by atoms with Gasteiger partial charge in [-0.2, -0.15) is 9.64 Å². The molecule has 1 aromatic carbocycles. The Hall–Kier alpha value is -2.99. The van der Waals surface area contributed by atoms with Crippen LogP contribution in [-0.4, -0.2) is 94.9 Å². The monoisotopic (exact) mass is 633 g/mol. The van der Waals surface area contributed by atoms with E-state index < -0.39 is 39.0 Å². The highest BCUT2D eigenvalue weighted by Gasteiger charge is 2.51. The Morgan fingerprint density at radius 2 is 1.93 bits per heavy atom. The van der Waals surface area contributed by atoms with Crippen molar-refractivity contribution in [3.63, 3.8) is 0 Å². The molecule has 0 radical (unpaired) electrons. The molecule has 1 aromatic heterocycles. The zero-order chi connectivity index (χ0) is 29.6. The van der Waals surface area contributed by atoms with Crippen molar-refractivity contribution in [2.45, 2.75) is 79.4 Å². The number of alkyl carbamates (subject to hydrolysis) is 1. The molecule has 3 aliphatic heterocycles. The minimum atomic E-state index is -3.93. The average molecular weight is 634 g/mol. The zero-order valence-corrected chi connectivity index (χ0v) is 25.5. The lowest BCUT2D eigenvalue weighted by atomic mass is 9.93. The smallest absolute Gasteiger partial charge is 0.410 e. The van der Waals surface area contributed by atoms with Gasteiger partial charge in [0.2, 0.25) is 11.0 Å². The summed E-state index contributed by atoms with van der Waals surface area (Å²) in [5, 5.41) is 12.0. The number of aryl methyl sites for hydroxylation is 1. The maximum absolute atomic E-state index is 14.0. The molecule has 4 aliphatic rings. The molecule has 12 nitrogen and oxygen atoms in total. The van der Waals surface area contributed by atoms with E-state index in [4.69, 9.17) is 16.3 Å². The molecule has 1 saturated carbocycles. The predicted octanol–water partition coefficient (Wildman–Crippen LogP) is 2.73. The van der Waals surface area contributed by atoms with Crippen molar-refractivity contribution in [1.82, 2.24) is 24.5 Å². The van der Waals surface area contributed by atoms with Crippen LogP contribution in [0.5, 0.6) is 0 Å². The van der Waals surface area contributed by atoms with Crippen LogP contribution in [0.1, 0.15) is 44.3 Å². The van der Waals surface area contributed by atoms with Crippen LogP contribution in [-0.2, 0) is 19.4 Å². The van der Waals surface area contributed by atoms with Crippen molar-refractivity contribution in [2.24, 2.45) is 0 Å². The molecule has 2 amide bonds. The first-order valence-electron chi connectivity index (χ1n) is 14.1. The SMILES string of the molecule is Cc1nsc(N2CCC(N3CCC3C(=O)N3C[C@H](S(=O)(=O)c4ccccc4Cl)C[C@@H]3OC(=O)NC3(C#N)CC3)CC2)n1. The Bertz CT molecular complexity index is 1520. The average Bonchev–Trinajstić information content (AvgIpc) is 3.35. The highest BCUT2D eigenvalue weighted by Crippen LogP contribution is 2.37. The molecule has 1 unspecified atom stereocenters. The summed E-state index contributed by atoms with van der Waals surface area (Å²) in [4.78, 5) is 37.0. The van der Waals surface area contributed by atoms with E-state index in [0.29, 0.717) is 19.3 Å². The summed E-state index contributed by atoms with van der Waals surface area (Å²) in [6.07, 6.45) is 1.40. The Morgan fingerprint density at radius 1 is 1.19 bits per heavy atom. The number of carbonyl (C=O) groups is 2. The number of rotatable bonds is 7. The number of nitriles is 1. The number of ether oxygens (including phenoxy) is 1. The first kappa shape index (κ1) is 29.1. The lowest BCUT2D eigenvalue weighted by Crippen LogP contribution is -2.62. The molecule has 224 valence electrons. The second-order valence-corrected chi connectivity index (χ2v) is 14.7. The van der Waals surface area contributed by atoms with Gasteiger partial charge in [-0.25, -0.2) is 18.2 Å². The Kier molecular flexibility index (Phi) is 7.80. The number of sulfone groups is 1. The lowest BCUT2D eigenvalue weighted by molar-refractivity contribution is -0.151. The third-order valence-corrected chi connectivity index (χ3v) is 12.2. The highest BCUT2D eigenvalue weighted by atomic mass is 35.5. The first-order chi connectivity index (χ1) is 20.1. The van der Waals surface area contributed by atoms with Gasteiger partial charge in [0.1, 0.15) is 11.4 Å². The van der Waals surface area contributed by atoms with Crippen molar-refractivity contribution in [3.05, 3.63) is 35.1 Å². The van der Waals surface area contributed by atoms with E-state index in [1.165, 1.54) is 28.6 Å². The van der Waals surface area contributed by atoms with Crippen LogP contribution >= 0.6 is 23.1 Å². The van der Waals surface area contributed by atoms with Gasteiger partial charge in [-0.3, -0.25) is 9.69 Å². The number of benzene rings is 1. The number of hydrogen-bond acceptors (Lipinski definition) is 11. The molecule has 15 heteroatoms. The molecule has 4 fully saturated rings. The number of nitrogens with zero attached hydrogens (tertiary/aromatic N) is 6. The largest absolute Gasteiger partial charge is 0.425 e. The second kappa shape index (κ2) is 11.3. The summed E-state index contributed by atoms with van der Waals surface area (Å²) in [6.45, 7) is 4.15. The van der Waals surface area contributed by atoms with Gasteiger partial charge in [-0.15, -0.1) is 0 Å². The van der Waals surface area contributed by atoms with Gasteiger partial charge < -0.3 is 19.9 Å². The van der Waals surface area contributed by atoms with Gasteiger partial charge in [0.05, 0.1) is 27.3 Å². The molecule has 0 bridgehead atoms. The van der Waals surface area contributed by atoms with Gasteiger partial charge in [-0.1, -0.05) is 23.7 Å². The Labute approximate surface area is 253 Å². The maximum Gasteiger partial charge on any atom is 0.410 e. The van der Waals surface area contributed by atoms with E-state index in [1.807, 2.05) is 6.92 Å². The highest BCUT2D eigenvalue weighted by molar-refractivity contribution is 7.92. The maximum atomic E-state index is 14.0. The molecule has 2 aromatic rings. The van der Waals surface area contributed by atoms with Gasteiger partial charge in [-0.05, 0) is 51.2 Å². The van der Waals surface area contributed by atoms with Crippen LogP contribution in [0.15, 0.2) is 29.2 Å². The third kappa shape index (κ3) is 5.55. The number of amides is 2. The molecular formula is C27H32ClN7O5S2. The molecular weight excluding hydrogens is 602 g/mol. The van der Waals surface area contributed by atoms with E-state index in [-0.39, 0.29) is 34.8 Å². The van der Waals surface area contributed by atoms with Gasteiger partial charge in [0.15, 0.2) is 16.1 Å². The Balaban J connectivity index is 1.16. The molecule has 6 rings (SSSR count). The molecule has 42 heavy (non-hydrogen) atoms. The first-order valence-corrected chi connectivity index (χ1v) is 16.8. The molecule has 1 N–H and O–H groups in total. The van der Waals surface area contributed by atoms with Gasteiger partial charge in [0, 0.05) is 50.2 Å². The number of likely N-dealkylation sites (tertiary alicyclic amines) is 2. The number of halogens is 1. The van der Waals surface area contributed by atoms with Crippen molar-refractivity contribution in [2.75, 3.05) is 31.1 Å². The number of hydrogen-bond donors (Lipinski definition) is 1. The fourth-order valence-corrected chi connectivity index (χ4v) is 8.96. The summed E-state index contributed by atoms with van der Waals surface area (Å²) in [5.41, 5.74) is -0.958. The normalized spacial score (nSPS) is 25.9. The second-order valence-electron chi connectivity index (χ2n) is 11.4.